The van der Waals surface area contributed by atoms with E-state index in [4.69, 9.17) is 11.6 Å². The molecule has 1 aliphatic heterocycles. The summed E-state index contributed by atoms with van der Waals surface area (Å²) in [7, 11) is -4.02. The molecular weight excluding hydrogens is 440 g/mol. The molecule has 2 N–H and O–H groups in total. The summed E-state index contributed by atoms with van der Waals surface area (Å²) < 4.78 is 28.4. The largest absolute Gasteiger partial charge is 0.284 e. The van der Waals surface area contributed by atoms with Gasteiger partial charge < -0.3 is 0 Å². The number of aromatic amines is 1. The van der Waals surface area contributed by atoms with Gasteiger partial charge in [0, 0.05) is 6.20 Å². The van der Waals surface area contributed by atoms with Crippen molar-refractivity contribution in [2.45, 2.75) is 31.1 Å². The molecule has 31 heavy (non-hydrogen) atoms. The zero-order chi connectivity index (χ0) is 22.6. The van der Waals surface area contributed by atoms with E-state index in [0.29, 0.717) is 0 Å². The lowest BCUT2D eigenvalue weighted by Crippen LogP contribution is -2.29. The van der Waals surface area contributed by atoms with E-state index < -0.39 is 21.8 Å². The number of aromatic nitrogens is 2. The number of anilines is 2. The van der Waals surface area contributed by atoms with Crippen molar-refractivity contribution in [3.05, 3.63) is 70.5 Å². The fraction of sp³-hybridized carbons (Fsp3) is 0.190. The van der Waals surface area contributed by atoms with Gasteiger partial charge in [0.25, 0.3) is 21.8 Å². The lowest BCUT2D eigenvalue weighted by atomic mass is 9.87. The standard InChI is InChI=1S/C21H19ClN4O4S/c1-21(2,3)12-4-6-14(7-5-12)31(29,30)25-16-9-8-15(22)17-18(16)20(28)26(19(17)27)13-10-23-24-11-13/h4-11,25H,1-3H3,(H,23,24). The summed E-state index contributed by atoms with van der Waals surface area (Å²) in [5.74, 6) is -1.34. The van der Waals surface area contributed by atoms with Gasteiger partial charge >= 0.3 is 0 Å². The van der Waals surface area contributed by atoms with Crippen LogP contribution in [0, 0.1) is 0 Å². The maximum absolute atomic E-state index is 13.0. The van der Waals surface area contributed by atoms with Crippen molar-refractivity contribution in [3.63, 3.8) is 0 Å². The van der Waals surface area contributed by atoms with Crippen LogP contribution in [0.1, 0.15) is 47.1 Å². The number of hydrogen-bond donors (Lipinski definition) is 2. The van der Waals surface area contributed by atoms with Crippen molar-refractivity contribution in [1.29, 1.82) is 0 Å². The number of halogens is 1. The third kappa shape index (κ3) is 3.60. The second-order valence-corrected chi connectivity index (χ2v) is 10.2. The number of hydrogen-bond acceptors (Lipinski definition) is 5. The minimum atomic E-state index is -4.02. The molecule has 4 rings (SSSR count). The lowest BCUT2D eigenvalue weighted by Gasteiger charge is -2.19. The van der Waals surface area contributed by atoms with Crippen LogP contribution >= 0.6 is 11.6 Å². The number of carbonyl (C=O) groups excluding carboxylic acids is 2. The molecule has 0 saturated carbocycles. The van der Waals surface area contributed by atoms with Gasteiger partial charge in [0.2, 0.25) is 0 Å². The predicted octanol–water partition coefficient (Wildman–Crippen LogP) is 3.96. The first-order chi connectivity index (χ1) is 14.5. The first kappa shape index (κ1) is 21.1. The number of sulfonamides is 1. The van der Waals surface area contributed by atoms with Gasteiger partial charge in [-0.25, -0.2) is 13.3 Å². The van der Waals surface area contributed by atoms with Gasteiger partial charge in [-0.2, -0.15) is 5.10 Å². The molecule has 3 aromatic rings. The quantitative estimate of drug-likeness (QED) is 0.574. The minimum Gasteiger partial charge on any atom is -0.284 e. The molecule has 0 unspecified atom stereocenters. The third-order valence-electron chi connectivity index (χ3n) is 5.01. The molecule has 0 aliphatic carbocycles. The van der Waals surface area contributed by atoms with Gasteiger partial charge in [0.05, 0.1) is 38.6 Å². The van der Waals surface area contributed by atoms with Crippen LogP contribution < -0.4 is 9.62 Å². The summed E-state index contributed by atoms with van der Waals surface area (Å²) in [5.41, 5.74) is 0.897. The maximum atomic E-state index is 13.0. The van der Waals surface area contributed by atoms with Crippen molar-refractivity contribution in [1.82, 2.24) is 10.2 Å². The van der Waals surface area contributed by atoms with Crippen molar-refractivity contribution < 1.29 is 18.0 Å². The molecule has 10 heteroatoms. The van der Waals surface area contributed by atoms with Crippen molar-refractivity contribution in [2.75, 3.05) is 9.62 Å². The van der Waals surface area contributed by atoms with Crippen LogP contribution in [0.25, 0.3) is 0 Å². The highest BCUT2D eigenvalue weighted by molar-refractivity contribution is 7.92. The van der Waals surface area contributed by atoms with Crippen LogP contribution in [0.5, 0.6) is 0 Å². The number of benzene rings is 2. The highest BCUT2D eigenvalue weighted by Crippen LogP contribution is 2.37. The van der Waals surface area contributed by atoms with E-state index in [2.05, 4.69) is 14.9 Å². The summed E-state index contributed by atoms with van der Waals surface area (Å²) in [6.07, 6.45) is 2.70. The summed E-state index contributed by atoms with van der Waals surface area (Å²) in [6.45, 7) is 6.08. The highest BCUT2D eigenvalue weighted by atomic mass is 35.5. The average molecular weight is 459 g/mol. The number of imide groups is 1. The van der Waals surface area contributed by atoms with Crippen LogP contribution in [0.3, 0.4) is 0 Å². The minimum absolute atomic E-state index is 0.0244. The smallest absolute Gasteiger partial charge is 0.268 e. The number of rotatable bonds is 4. The van der Waals surface area contributed by atoms with Gasteiger partial charge in [-0.3, -0.25) is 19.4 Å². The van der Waals surface area contributed by atoms with Crippen molar-refractivity contribution in [3.8, 4) is 0 Å². The van der Waals surface area contributed by atoms with Gasteiger partial charge in [0.1, 0.15) is 0 Å². The molecule has 0 atom stereocenters. The molecule has 0 radical (unpaired) electrons. The Hall–Kier alpha value is -3.17. The summed E-state index contributed by atoms with van der Waals surface area (Å²) in [5, 5.41) is 6.34. The van der Waals surface area contributed by atoms with E-state index in [0.717, 1.165) is 10.5 Å². The van der Waals surface area contributed by atoms with Gasteiger partial charge in [-0.05, 0) is 35.2 Å². The van der Waals surface area contributed by atoms with Crippen molar-refractivity contribution >= 4 is 44.8 Å². The van der Waals surface area contributed by atoms with Crippen LogP contribution in [-0.4, -0.2) is 30.4 Å². The number of nitrogens with zero attached hydrogens (tertiary/aromatic N) is 2. The normalized spacial score (nSPS) is 14.1. The molecule has 2 heterocycles. The Balaban J connectivity index is 1.73. The molecule has 1 aromatic heterocycles. The Morgan fingerprint density at radius 1 is 1.00 bits per heavy atom. The molecule has 0 bridgehead atoms. The SMILES string of the molecule is CC(C)(C)c1ccc(S(=O)(=O)Nc2ccc(Cl)c3c2C(=O)N(c2cn[nH]c2)C3=O)cc1. The second-order valence-electron chi connectivity index (χ2n) is 8.13. The predicted molar refractivity (Wildman–Crippen MR) is 117 cm³/mol. The first-order valence-electron chi connectivity index (χ1n) is 9.34. The molecule has 2 amide bonds. The molecule has 0 saturated heterocycles. The molecular formula is C21H19ClN4O4S. The number of nitrogens with one attached hydrogen (secondary N) is 2. The summed E-state index contributed by atoms with van der Waals surface area (Å²) in [6, 6.07) is 9.25. The lowest BCUT2D eigenvalue weighted by molar-refractivity contribution is 0.0926. The summed E-state index contributed by atoms with van der Waals surface area (Å²) in [4.78, 5) is 26.8. The van der Waals surface area contributed by atoms with E-state index in [1.54, 1.807) is 12.1 Å². The number of carbonyl (C=O) groups is 2. The number of amides is 2. The second kappa shape index (κ2) is 7.21. The zero-order valence-electron chi connectivity index (χ0n) is 16.9. The van der Waals surface area contributed by atoms with Gasteiger partial charge in [-0.15, -0.1) is 0 Å². The zero-order valence-corrected chi connectivity index (χ0v) is 18.5. The third-order valence-corrected chi connectivity index (χ3v) is 6.70. The van der Waals surface area contributed by atoms with E-state index in [-0.39, 0.29) is 37.8 Å². The fourth-order valence-electron chi connectivity index (χ4n) is 3.35. The van der Waals surface area contributed by atoms with E-state index in [9.17, 15) is 18.0 Å². The van der Waals surface area contributed by atoms with E-state index in [1.807, 2.05) is 20.8 Å². The summed E-state index contributed by atoms with van der Waals surface area (Å²) >= 11 is 6.18. The fourth-order valence-corrected chi connectivity index (χ4v) is 4.66. The first-order valence-corrected chi connectivity index (χ1v) is 11.2. The van der Waals surface area contributed by atoms with E-state index >= 15 is 0 Å². The molecule has 0 fully saturated rings. The number of fused-ring (bicyclic) bond motifs is 1. The monoisotopic (exact) mass is 458 g/mol. The maximum Gasteiger partial charge on any atom is 0.268 e. The topological polar surface area (TPSA) is 112 Å². The van der Waals surface area contributed by atoms with Crippen LogP contribution in [-0.2, 0) is 15.4 Å². The molecule has 2 aromatic carbocycles. The molecule has 0 spiro atoms. The number of H-pyrrole nitrogens is 1. The van der Waals surface area contributed by atoms with Crippen LogP contribution in [0.2, 0.25) is 5.02 Å². The highest BCUT2D eigenvalue weighted by Gasteiger charge is 2.41. The van der Waals surface area contributed by atoms with Crippen molar-refractivity contribution in [2.24, 2.45) is 0 Å². The molecule has 8 nitrogen and oxygen atoms in total. The Morgan fingerprint density at radius 3 is 2.23 bits per heavy atom. The Morgan fingerprint density at radius 2 is 1.65 bits per heavy atom. The van der Waals surface area contributed by atoms with E-state index in [1.165, 1.54) is 36.7 Å². The van der Waals surface area contributed by atoms with Crippen LogP contribution in [0.15, 0.2) is 53.7 Å². The Bertz CT molecular complexity index is 1290. The van der Waals surface area contributed by atoms with Gasteiger partial charge in [-0.1, -0.05) is 44.5 Å². The molecule has 1 aliphatic rings. The van der Waals surface area contributed by atoms with Crippen LogP contribution in [0.4, 0.5) is 11.4 Å². The Kier molecular flexibility index (Phi) is 4.90. The average Bonchev–Trinajstić information content (AvgIpc) is 3.30. The van der Waals surface area contributed by atoms with Gasteiger partial charge in [0.15, 0.2) is 0 Å². The molecule has 160 valence electrons. The Labute approximate surface area is 184 Å².